The monoisotopic (exact) mass is 162 g/mol. The van der Waals surface area contributed by atoms with Crippen LogP contribution in [0.2, 0.25) is 0 Å². The molecule has 0 amide bonds. The van der Waals surface area contributed by atoms with Gasteiger partial charge in [0.05, 0.1) is 12.7 Å². The van der Waals surface area contributed by atoms with E-state index in [0.29, 0.717) is 6.61 Å². The maximum atomic E-state index is 9.20. The molecular formula is C7H14O4. The maximum Gasteiger partial charge on any atom is 0.112 e. The Bertz CT molecular complexity index is 117. The molecule has 0 aliphatic carbocycles. The molecule has 1 aliphatic rings. The van der Waals surface area contributed by atoms with Gasteiger partial charge in [0, 0.05) is 13.7 Å². The normalized spacial score (nSPS) is 34.1. The van der Waals surface area contributed by atoms with Gasteiger partial charge in [-0.25, -0.2) is 0 Å². The second-order valence-electron chi connectivity index (χ2n) is 2.65. The minimum Gasteiger partial charge on any atom is -0.394 e. The number of methoxy groups -OCH3 is 1. The molecule has 0 spiro atoms. The van der Waals surface area contributed by atoms with E-state index in [-0.39, 0.29) is 18.8 Å². The largest absolute Gasteiger partial charge is 0.394 e. The van der Waals surface area contributed by atoms with Gasteiger partial charge in [-0.15, -0.1) is 0 Å². The highest BCUT2D eigenvalue weighted by Gasteiger charge is 2.33. The Balaban J connectivity index is 2.42. The lowest BCUT2D eigenvalue weighted by molar-refractivity contribution is -0.0743. The van der Waals surface area contributed by atoms with Crippen molar-refractivity contribution in [3.8, 4) is 0 Å². The smallest absolute Gasteiger partial charge is 0.112 e. The molecule has 1 fully saturated rings. The van der Waals surface area contributed by atoms with Crippen molar-refractivity contribution >= 4 is 0 Å². The molecule has 0 saturated carbocycles. The standard InChI is InChI=1S/C7H14O4/c1-10-6-2-3-11-7(6)5(9)4-8/h5-9H,2-4H2,1H3. The zero-order valence-corrected chi connectivity index (χ0v) is 6.56. The van der Waals surface area contributed by atoms with Crippen LogP contribution in [0.15, 0.2) is 0 Å². The number of rotatable bonds is 3. The van der Waals surface area contributed by atoms with E-state index in [9.17, 15) is 5.11 Å². The SMILES string of the molecule is COC1CCOC1C(O)CO. The van der Waals surface area contributed by atoms with Gasteiger partial charge in [-0.2, -0.15) is 0 Å². The van der Waals surface area contributed by atoms with Crippen LogP contribution >= 0.6 is 0 Å². The van der Waals surface area contributed by atoms with Crippen molar-refractivity contribution in [2.24, 2.45) is 0 Å². The van der Waals surface area contributed by atoms with Gasteiger partial charge in [0.25, 0.3) is 0 Å². The molecule has 0 aromatic rings. The summed E-state index contributed by atoms with van der Waals surface area (Å²) in [7, 11) is 1.58. The third-order valence-electron chi connectivity index (χ3n) is 1.95. The number of aliphatic hydroxyl groups is 2. The Morgan fingerprint density at radius 1 is 1.73 bits per heavy atom. The van der Waals surface area contributed by atoms with Crippen LogP contribution in [0.4, 0.5) is 0 Å². The van der Waals surface area contributed by atoms with Gasteiger partial charge >= 0.3 is 0 Å². The molecule has 0 aromatic heterocycles. The van der Waals surface area contributed by atoms with Gasteiger partial charge in [0.2, 0.25) is 0 Å². The Hall–Kier alpha value is -0.160. The number of aliphatic hydroxyl groups excluding tert-OH is 2. The number of hydrogen-bond acceptors (Lipinski definition) is 4. The topological polar surface area (TPSA) is 58.9 Å². The van der Waals surface area contributed by atoms with Gasteiger partial charge in [0.15, 0.2) is 0 Å². The fourth-order valence-corrected chi connectivity index (χ4v) is 1.31. The van der Waals surface area contributed by atoms with Gasteiger partial charge in [-0.05, 0) is 6.42 Å². The second-order valence-corrected chi connectivity index (χ2v) is 2.65. The summed E-state index contributed by atoms with van der Waals surface area (Å²) in [6.45, 7) is 0.324. The van der Waals surface area contributed by atoms with Crippen molar-refractivity contribution in [2.45, 2.75) is 24.7 Å². The van der Waals surface area contributed by atoms with E-state index in [1.165, 1.54) is 0 Å². The molecule has 66 valence electrons. The van der Waals surface area contributed by atoms with Crippen molar-refractivity contribution in [2.75, 3.05) is 20.3 Å². The van der Waals surface area contributed by atoms with Crippen LogP contribution in [-0.2, 0) is 9.47 Å². The summed E-state index contributed by atoms with van der Waals surface area (Å²) in [5, 5.41) is 17.8. The number of ether oxygens (including phenoxy) is 2. The summed E-state index contributed by atoms with van der Waals surface area (Å²) in [6.07, 6.45) is -0.456. The molecule has 11 heavy (non-hydrogen) atoms. The molecule has 4 nitrogen and oxygen atoms in total. The maximum absolute atomic E-state index is 9.20. The highest BCUT2D eigenvalue weighted by Crippen LogP contribution is 2.18. The first-order valence-electron chi connectivity index (χ1n) is 3.73. The highest BCUT2D eigenvalue weighted by molar-refractivity contribution is 4.82. The molecule has 1 aliphatic heterocycles. The molecule has 3 atom stereocenters. The predicted molar refractivity (Wildman–Crippen MR) is 38.2 cm³/mol. The van der Waals surface area contributed by atoms with Crippen molar-refractivity contribution in [3.05, 3.63) is 0 Å². The van der Waals surface area contributed by atoms with Crippen LogP contribution in [-0.4, -0.2) is 48.8 Å². The van der Waals surface area contributed by atoms with Crippen LogP contribution in [0.1, 0.15) is 6.42 Å². The first-order chi connectivity index (χ1) is 5.29. The molecule has 1 rings (SSSR count). The van der Waals surface area contributed by atoms with Crippen LogP contribution in [0, 0.1) is 0 Å². The van der Waals surface area contributed by atoms with Crippen LogP contribution in [0.3, 0.4) is 0 Å². The summed E-state index contributed by atoms with van der Waals surface area (Å²) in [4.78, 5) is 0. The van der Waals surface area contributed by atoms with Gasteiger partial charge in [0.1, 0.15) is 12.2 Å². The molecule has 1 heterocycles. The average Bonchev–Trinajstić information content (AvgIpc) is 2.50. The molecule has 0 bridgehead atoms. The molecule has 3 unspecified atom stereocenters. The first-order valence-corrected chi connectivity index (χ1v) is 3.73. The van der Waals surface area contributed by atoms with Crippen LogP contribution < -0.4 is 0 Å². The zero-order valence-electron chi connectivity index (χ0n) is 6.56. The third kappa shape index (κ3) is 1.90. The van der Waals surface area contributed by atoms with E-state index in [1.54, 1.807) is 7.11 Å². The predicted octanol–water partition coefficient (Wildman–Crippen LogP) is -0.857. The van der Waals surface area contributed by atoms with Gasteiger partial charge in [-0.1, -0.05) is 0 Å². The number of hydrogen-bond donors (Lipinski definition) is 2. The fourth-order valence-electron chi connectivity index (χ4n) is 1.31. The van der Waals surface area contributed by atoms with E-state index >= 15 is 0 Å². The lowest BCUT2D eigenvalue weighted by atomic mass is 10.1. The Labute approximate surface area is 65.7 Å². The minimum absolute atomic E-state index is 0.0721. The van der Waals surface area contributed by atoms with Crippen molar-refractivity contribution in [1.29, 1.82) is 0 Å². The van der Waals surface area contributed by atoms with Gasteiger partial charge < -0.3 is 19.7 Å². The minimum atomic E-state index is -0.817. The Kier molecular flexibility index (Phi) is 3.26. The van der Waals surface area contributed by atoms with E-state index in [0.717, 1.165) is 6.42 Å². The molecular weight excluding hydrogens is 148 g/mol. The van der Waals surface area contributed by atoms with Crippen molar-refractivity contribution in [3.63, 3.8) is 0 Å². The van der Waals surface area contributed by atoms with Crippen LogP contribution in [0.25, 0.3) is 0 Å². The van der Waals surface area contributed by atoms with E-state index < -0.39 is 6.10 Å². The quantitative estimate of drug-likeness (QED) is 0.567. The van der Waals surface area contributed by atoms with Crippen molar-refractivity contribution < 1.29 is 19.7 Å². The molecule has 2 N–H and O–H groups in total. The third-order valence-corrected chi connectivity index (χ3v) is 1.95. The summed E-state index contributed by atoms with van der Waals surface area (Å²) in [5.74, 6) is 0. The highest BCUT2D eigenvalue weighted by atomic mass is 16.6. The zero-order chi connectivity index (χ0) is 8.27. The summed E-state index contributed by atoms with van der Waals surface area (Å²) in [5.41, 5.74) is 0. The summed E-state index contributed by atoms with van der Waals surface area (Å²) < 4.78 is 10.2. The summed E-state index contributed by atoms with van der Waals surface area (Å²) >= 11 is 0. The molecule has 0 aromatic carbocycles. The van der Waals surface area contributed by atoms with Crippen molar-refractivity contribution in [1.82, 2.24) is 0 Å². The molecule has 4 heteroatoms. The van der Waals surface area contributed by atoms with E-state index in [2.05, 4.69) is 0 Å². The lowest BCUT2D eigenvalue weighted by Gasteiger charge is -2.20. The fraction of sp³-hybridized carbons (Fsp3) is 1.00. The average molecular weight is 162 g/mol. The summed E-state index contributed by atoms with van der Waals surface area (Å²) in [6, 6.07) is 0. The first kappa shape index (κ1) is 8.93. The lowest BCUT2D eigenvalue weighted by Crippen LogP contribution is -2.37. The Morgan fingerprint density at radius 2 is 2.45 bits per heavy atom. The molecule has 1 saturated heterocycles. The second kappa shape index (κ2) is 4.01. The van der Waals surface area contributed by atoms with Gasteiger partial charge in [-0.3, -0.25) is 0 Å². The molecule has 0 radical (unpaired) electrons. The Morgan fingerprint density at radius 3 is 3.00 bits per heavy atom. The van der Waals surface area contributed by atoms with Crippen LogP contribution in [0.5, 0.6) is 0 Å². The van der Waals surface area contributed by atoms with E-state index in [4.69, 9.17) is 14.6 Å². The van der Waals surface area contributed by atoms with E-state index in [1.807, 2.05) is 0 Å².